The van der Waals surface area contributed by atoms with Gasteiger partial charge in [-0.3, -0.25) is 15.0 Å². The fraction of sp³-hybridized carbons (Fsp3) is 0.462. The van der Waals surface area contributed by atoms with Crippen LogP contribution in [0.15, 0.2) is 54.6 Å². The summed E-state index contributed by atoms with van der Waals surface area (Å²) in [6, 6.07) is 16.4. The van der Waals surface area contributed by atoms with Crippen molar-refractivity contribution >= 4 is 11.8 Å². The summed E-state index contributed by atoms with van der Waals surface area (Å²) >= 11 is 0. The second-order valence-corrected chi connectivity index (χ2v) is 7.95. The van der Waals surface area contributed by atoms with Crippen LogP contribution in [-0.2, 0) is 6.54 Å². The van der Waals surface area contributed by atoms with Crippen LogP contribution in [0.5, 0.6) is 0 Å². The van der Waals surface area contributed by atoms with Gasteiger partial charge in [0.25, 0.3) is 11.8 Å². The first-order valence-corrected chi connectivity index (χ1v) is 11.7. The fourth-order valence-corrected chi connectivity index (χ4v) is 3.39. The monoisotopic (exact) mass is 423 g/mol. The number of unbranched alkanes of at least 4 members (excludes halogenated alkanes) is 8. The van der Waals surface area contributed by atoms with Crippen molar-refractivity contribution in [3.8, 4) is 0 Å². The molecular weight excluding hydrogens is 386 g/mol. The van der Waals surface area contributed by atoms with Gasteiger partial charge in [-0.15, -0.1) is 0 Å². The van der Waals surface area contributed by atoms with Crippen molar-refractivity contribution in [2.45, 2.75) is 71.3 Å². The molecule has 31 heavy (non-hydrogen) atoms. The van der Waals surface area contributed by atoms with Gasteiger partial charge in [0.05, 0.1) is 0 Å². The van der Waals surface area contributed by atoms with Crippen LogP contribution in [0.1, 0.15) is 91.0 Å². The summed E-state index contributed by atoms with van der Waals surface area (Å²) in [5.41, 5.74) is 7.95. The van der Waals surface area contributed by atoms with Crippen molar-refractivity contribution in [3.63, 3.8) is 0 Å². The highest BCUT2D eigenvalue weighted by molar-refractivity contribution is 5.94. The average molecular weight is 424 g/mol. The Morgan fingerprint density at radius 1 is 0.677 bits per heavy atom. The Labute approximate surface area is 187 Å². The predicted molar refractivity (Wildman–Crippen MR) is 127 cm³/mol. The first-order valence-electron chi connectivity index (χ1n) is 11.7. The molecule has 0 aliphatic rings. The van der Waals surface area contributed by atoms with Crippen LogP contribution in [0.25, 0.3) is 0 Å². The van der Waals surface area contributed by atoms with Gasteiger partial charge in [0.1, 0.15) is 0 Å². The quantitative estimate of drug-likeness (QED) is 0.266. The lowest BCUT2D eigenvalue weighted by atomic mass is 10.1. The minimum absolute atomic E-state index is 0.108. The van der Waals surface area contributed by atoms with Gasteiger partial charge in [-0.2, -0.15) is 0 Å². The Bertz CT molecular complexity index is 760. The minimum Gasteiger partial charge on any atom is -0.348 e. The van der Waals surface area contributed by atoms with Crippen LogP contribution in [0.2, 0.25) is 0 Å². The first-order chi connectivity index (χ1) is 15.2. The van der Waals surface area contributed by atoms with Crippen LogP contribution in [0.4, 0.5) is 0 Å². The van der Waals surface area contributed by atoms with Gasteiger partial charge in [0.2, 0.25) is 0 Å². The molecule has 0 atom stereocenters. The predicted octanol–water partition coefficient (Wildman–Crippen LogP) is 5.38. The molecule has 0 saturated carbocycles. The van der Waals surface area contributed by atoms with Gasteiger partial charge >= 0.3 is 0 Å². The summed E-state index contributed by atoms with van der Waals surface area (Å²) in [5, 5.41) is 2.89. The molecular formula is C26H37N3O2. The van der Waals surface area contributed by atoms with Crippen molar-refractivity contribution < 1.29 is 9.59 Å². The highest BCUT2D eigenvalue weighted by Crippen LogP contribution is 2.09. The Balaban J connectivity index is 1.56. The highest BCUT2D eigenvalue weighted by Gasteiger charge is 2.06. The molecule has 0 radical (unpaired) electrons. The lowest BCUT2D eigenvalue weighted by Crippen LogP contribution is -2.37. The summed E-state index contributed by atoms with van der Waals surface area (Å²) in [6.07, 6.45) is 11.6. The van der Waals surface area contributed by atoms with Crippen molar-refractivity contribution in [1.82, 2.24) is 16.2 Å². The van der Waals surface area contributed by atoms with E-state index in [1.54, 1.807) is 24.3 Å². The third kappa shape index (κ3) is 10.3. The number of carbonyl (C=O) groups is 2. The highest BCUT2D eigenvalue weighted by atomic mass is 16.2. The van der Waals surface area contributed by atoms with E-state index >= 15 is 0 Å². The smallest absolute Gasteiger partial charge is 0.265 e. The van der Waals surface area contributed by atoms with E-state index in [9.17, 15) is 9.59 Å². The molecule has 2 amide bonds. The number of hydrazine groups is 1. The molecule has 0 unspecified atom stereocenters. The van der Waals surface area contributed by atoms with Gasteiger partial charge in [0, 0.05) is 24.2 Å². The molecule has 0 aromatic heterocycles. The van der Waals surface area contributed by atoms with E-state index in [4.69, 9.17) is 0 Å². The molecule has 0 fully saturated rings. The molecule has 5 heteroatoms. The normalized spacial score (nSPS) is 10.6. The fourth-order valence-electron chi connectivity index (χ4n) is 3.39. The third-order valence-corrected chi connectivity index (χ3v) is 5.31. The topological polar surface area (TPSA) is 70.2 Å². The third-order valence-electron chi connectivity index (χ3n) is 5.31. The second-order valence-electron chi connectivity index (χ2n) is 7.95. The molecule has 0 heterocycles. The van der Waals surface area contributed by atoms with E-state index in [1.807, 2.05) is 30.3 Å². The van der Waals surface area contributed by atoms with E-state index < -0.39 is 0 Å². The second kappa shape index (κ2) is 15.2. The number of rotatable bonds is 15. The van der Waals surface area contributed by atoms with Crippen LogP contribution >= 0.6 is 0 Å². The molecule has 168 valence electrons. The first kappa shape index (κ1) is 24.6. The lowest BCUT2D eigenvalue weighted by Gasteiger charge is -2.09. The maximum atomic E-state index is 12.2. The zero-order chi connectivity index (χ0) is 22.2. The summed E-state index contributed by atoms with van der Waals surface area (Å²) in [6.45, 7) is 3.45. The van der Waals surface area contributed by atoms with Gasteiger partial charge in [0.15, 0.2) is 0 Å². The maximum Gasteiger partial charge on any atom is 0.265 e. The van der Waals surface area contributed by atoms with Crippen LogP contribution in [0, 0.1) is 0 Å². The molecule has 0 aliphatic heterocycles. The zero-order valence-electron chi connectivity index (χ0n) is 18.8. The molecule has 2 aromatic carbocycles. The van der Waals surface area contributed by atoms with E-state index in [2.05, 4.69) is 23.1 Å². The molecule has 0 saturated heterocycles. The summed E-state index contributed by atoms with van der Waals surface area (Å²) in [5.74, 6) is -0.251. The van der Waals surface area contributed by atoms with Crippen LogP contribution < -0.4 is 16.2 Å². The number of hydrogen-bond acceptors (Lipinski definition) is 3. The summed E-state index contributed by atoms with van der Waals surface area (Å²) < 4.78 is 0. The van der Waals surface area contributed by atoms with Gasteiger partial charge in [-0.25, -0.2) is 5.43 Å². The molecule has 2 rings (SSSR count). The summed E-state index contributed by atoms with van der Waals surface area (Å²) in [7, 11) is 0. The molecule has 0 aliphatic carbocycles. The standard InChI is InChI=1S/C26H37N3O2/c1-2-3-4-5-6-7-8-9-13-20-28-29-26(31)24-18-16-22(17-19-24)21-27-25(30)23-14-11-10-12-15-23/h10-12,14-19,28H,2-9,13,20-21H2,1H3,(H,27,30)(H,29,31). The molecule has 3 N–H and O–H groups in total. The van der Waals surface area contributed by atoms with Gasteiger partial charge in [-0.05, 0) is 36.2 Å². The Morgan fingerprint density at radius 2 is 1.26 bits per heavy atom. The number of amides is 2. The van der Waals surface area contributed by atoms with Crippen molar-refractivity contribution in [3.05, 3.63) is 71.3 Å². The van der Waals surface area contributed by atoms with E-state index in [1.165, 1.54) is 51.4 Å². The van der Waals surface area contributed by atoms with Crippen molar-refractivity contribution in [2.24, 2.45) is 0 Å². The number of carbonyl (C=O) groups excluding carboxylic acids is 2. The molecule has 5 nitrogen and oxygen atoms in total. The van der Waals surface area contributed by atoms with E-state index in [0.29, 0.717) is 17.7 Å². The maximum absolute atomic E-state index is 12.2. The zero-order valence-corrected chi connectivity index (χ0v) is 18.8. The molecule has 0 spiro atoms. The SMILES string of the molecule is CCCCCCCCCCCNNC(=O)c1ccc(CNC(=O)c2ccccc2)cc1. The lowest BCUT2D eigenvalue weighted by molar-refractivity contribution is 0.0929. The van der Waals surface area contributed by atoms with E-state index in [0.717, 1.165) is 18.5 Å². The Kier molecular flexibility index (Phi) is 12.1. The van der Waals surface area contributed by atoms with E-state index in [-0.39, 0.29) is 11.8 Å². The number of benzene rings is 2. The van der Waals surface area contributed by atoms with Crippen LogP contribution in [0.3, 0.4) is 0 Å². The van der Waals surface area contributed by atoms with Crippen LogP contribution in [-0.4, -0.2) is 18.4 Å². The van der Waals surface area contributed by atoms with Crippen molar-refractivity contribution in [2.75, 3.05) is 6.54 Å². The van der Waals surface area contributed by atoms with Gasteiger partial charge < -0.3 is 5.32 Å². The van der Waals surface area contributed by atoms with Crippen molar-refractivity contribution in [1.29, 1.82) is 0 Å². The molecule has 0 bridgehead atoms. The Hall–Kier alpha value is -2.66. The largest absolute Gasteiger partial charge is 0.348 e. The number of hydrogen-bond donors (Lipinski definition) is 3. The minimum atomic E-state index is -0.143. The number of nitrogens with one attached hydrogen (secondary N) is 3. The van der Waals surface area contributed by atoms with Gasteiger partial charge in [-0.1, -0.05) is 88.6 Å². The summed E-state index contributed by atoms with van der Waals surface area (Å²) in [4.78, 5) is 24.3. The molecule has 2 aromatic rings. The average Bonchev–Trinajstić information content (AvgIpc) is 2.81. The Morgan fingerprint density at radius 3 is 1.90 bits per heavy atom.